The van der Waals surface area contributed by atoms with E-state index in [-0.39, 0.29) is 5.82 Å². The fourth-order valence-electron chi connectivity index (χ4n) is 2.05. The van der Waals surface area contributed by atoms with E-state index in [1.165, 1.54) is 12.1 Å². The molecule has 18 heavy (non-hydrogen) atoms. The second-order valence-electron chi connectivity index (χ2n) is 4.20. The third kappa shape index (κ3) is 2.36. The molecule has 94 valence electrons. The maximum absolute atomic E-state index is 13.4. The van der Waals surface area contributed by atoms with Crippen LogP contribution in [0.4, 0.5) is 4.39 Å². The third-order valence-corrected chi connectivity index (χ3v) is 2.98. The van der Waals surface area contributed by atoms with Gasteiger partial charge in [-0.15, -0.1) is 0 Å². The highest BCUT2D eigenvalue weighted by atomic mass is 19.1. The van der Waals surface area contributed by atoms with Gasteiger partial charge in [0.25, 0.3) is 0 Å². The summed E-state index contributed by atoms with van der Waals surface area (Å²) in [5.41, 5.74) is 9.45. The first-order chi connectivity index (χ1) is 8.65. The maximum atomic E-state index is 13.4. The zero-order valence-corrected chi connectivity index (χ0v) is 10.5. The molecular weight excluding hydrogens is 229 g/mol. The molecule has 0 aliphatic heterocycles. The van der Waals surface area contributed by atoms with Crippen LogP contribution >= 0.6 is 0 Å². The molecule has 2 N–H and O–H groups in total. The van der Waals surface area contributed by atoms with Gasteiger partial charge in [-0.3, -0.25) is 0 Å². The Balaban J connectivity index is 2.57. The Kier molecular flexibility index (Phi) is 3.63. The molecule has 0 radical (unpaired) electrons. The van der Waals surface area contributed by atoms with E-state index in [1.807, 2.05) is 25.1 Å². The molecule has 2 aromatic rings. The predicted octanol–water partition coefficient (Wildman–Crippen LogP) is 3.27. The number of nitrogens with two attached hydrogens (primary N) is 1. The molecule has 0 bridgehead atoms. The van der Waals surface area contributed by atoms with Crippen LogP contribution in [0.1, 0.15) is 11.1 Å². The van der Waals surface area contributed by atoms with E-state index in [0.717, 1.165) is 22.3 Å². The van der Waals surface area contributed by atoms with Gasteiger partial charge in [-0.05, 0) is 41.8 Å². The molecule has 0 aromatic heterocycles. The van der Waals surface area contributed by atoms with Crippen molar-refractivity contribution in [3.63, 3.8) is 0 Å². The van der Waals surface area contributed by atoms with Gasteiger partial charge in [-0.25, -0.2) is 4.39 Å². The molecule has 0 unspecified atom stereocenters. The van der Waals surface area contributed by atoms with Crippen molar-refractivity contribution < 1.29 is 9.13 Å². The smallest absolute Gasteiger partial charge is 0.126 e. The minimum absolute atomic E-state index is 0.270. The van der Waals surface area contributed by atoms with Crippen molar-refractivity contribution in [3.05, 3.63) is 53.3 Å². The summed E-state index contributed by atoms with van der Waals surface area (Å²) in [6.45, 7) is 2.49. The average molecular weight is 245 g/mol. The Morgan fingerprint density at radius 2 is 1.89 bits per heavy atom. The second kappa shape index (κ2) is 5.19. The van der Waals surface area contributed by atoms with E-state index in [2.05, 4.69) is 0 Å². The fraction of sp³-hybridized carbons (Fsp3) is 0.200. The van der Waals surface area contributed by atoms with Crippen molar-refractivity contribution in [1.29, 1.82) is 0 Å². The maximum Gasteiger partial charge on any atom is 0.126 e. The average Bonchev–Trinajstić information content (AvgIpc) is 2.38. The molecule has 0 atom stereocenters. The van der Waals surface area contributed by atoms with Crippen LogP contribution in [0.25, 0.3) is 11.1 Å². The van der Waals surface area contributed by atoms with Crippen LogP contribution in [-0.4, -0.2) is 7.11 Å². The number of methoxy groups -OCH3 is 1. The van der Waals surface area contributed by atoms with Gasteiger partial charge < -0.3 is 10.5 Å². The minimum atomic E-state index is -0.270. The van der Waals surface area contributed by atoms with Gasteiger partial charge >= 0.3 is 0 Å². The molecule has 2 aromatic carbocycles. The van der Waals surface area contributed by atoms with Crippen molar-refractivity contribution >= 4 is 0 Å². The lowest BCUT2D eigenvalue weighted by Crippen LogP contribution is -1.97. The predicted molar refractivity (Wildman–Crippen MR) is 71.0 cm³/mol. The van der Waals surface area contributed by atoms with Gasteiger partial charge in [-0.1, -0.05) is 18.2 Å². The van der Waals surface area contributed by atoms with Crippen molar-refractivity contribution in [2.24, 2.45) is 5.73 Å². The molecule has 2 nitrogen and oxygen atoms in total. The SMILES string of the molecule is COc1ccc(F)cc1-c1ccc(CN)cc1C. The van der Waals surface area contributed by atoms with Crippen molar-refractivity contribution in [2.45, 2.75) is 13.5 Å². The molecule has 3 heteroatoms. The Hall–Kier alpha value is -1.87. The van der Waals surface area contributed by atoms with Crippen LogP contribution in [0.15, 0.2) is 36.4 Å². The second-order valence-corrected chi connectivity index (χ2v) is 4.20. The number of ether oxygens (including phenoxy) is 1. The zero-order valence-electron chi connectivity index (χ0n) is 10.5. The summed E-state index contributed by atoms with van der Waals surface area (Å²) in [5, 5.41) is 0. The van der Waals surface area contributed by atoms with E-state index in [4.69, 9.17) is 10.5 Å². The van der Waals surface area contributed by atoms with E-state index >= 15 is 0 Å². The number of hydrogen-bond acceptors (Lipinski definition) is 2. The lowest BCUT2D eigenvalue weighted by atomic mass is 9.97. The number of benzene rings is 2. The topological polar surface area (TPSA) is 35.2 Å². The fourth-order valence-corrected chi connectivity index (χ4v) is 2.05. The number of hydrogen-bond donors (Lipinski definition) is 1. The van der Waals surface area contributed by atoms with E-state index in [1.54, 1.807) is 13.2 Å². The molecule has 0 saturated heterocycles. The van der Waals surface area contributed by atoms with E-state index in [9.17, 15) is 4.39 Å². The Labute approximate surface area is 106 Å². The van der Waals surface area contributed by atoms with Gasteiger partial charge in [0.15, 0.2) is 0 Å². The molecule has 0 spiro atoms. The highest BCUT2D eigenvalue weighted by molar-refractivity contribution is 5.73. The van der Waals surface area contributed by atoms with Crippen LogP contribution in [0.5, 0.6) is 5.75 Å². The van der Waals surface area contributed by atoms with Gasteiger partial charge in [0, 0.05) is 12.1 Å². The first-order valence-corrected chi connectivity index (χ1v) is 5.79. The van der Waals surface area contributed by atoms with Gasteiger partial charge in [0.05, 0.1) is 7.11 Å². The summed E-state index contributed by atoms with van der Waals surface area (Å²) in [5.74, 6) is 0.396. The molecule has 0 aliphatic rings. The van der Waals surface area contributed by atoms with Crippen LogP contribution in [0.2, 0.25) is 0 Å². The summed E-state index contributed by atoms with van der Waals surface area (Å²) in [4.78, 5) is 0. The molecule has 0 heterocycles. The molecule has 2 rings (SSSR count). The lowest BCUT2D eigenvalue weighted by molar-refractivity contribution is 0.415. The summed E-state index contributed by atoms with van der Waals surface area (Å²) in [6.07, 6.45) is 0. The standard InChI is InChI=1S/C15H16FNO/c1-10-7-11(9-17)3-5-13(10)14-8-12(16)4-6-15(14)18-2/h3-8H,9,17H2,1-2H3. The number of halogens is 1. The normalized spacial score (nSPS) is 10.4. The first kappa shape index (κ1) is 12.6. The quantitative estimate of drug-likeness (QED) is 0.900. The third-order valence-electron chi connectivity index (χ3n) is 2.98. The molecule has 0 aliphatic carbocycles. The summed E-state index contributed by atoms with van der Waals surface area (Å²) in [7, 11) is 1.58. The Bertz CT molecular complexity index is 566. The highest BCUT2D eigenvalue weighted by Crippen LogP contribution is 2.33. The Morgan fingerprint density at radius 1 is 1.11 bits per heavy atom. The molecule has 0 fully saturated rings. The van der Waals surface area contributed by atoms with Crippen LogP contribution in [0.3, 0.4) is 0 Å². The highest BCUT2D eigenvalue weighted by Gasteiger charge is 2.10. The zero-order chi connectivity index (χ0) is 13.1. The van der Waals surface area contributed by atoms with Gasteiger partial charge in [0.1, 0.15) is 11.6 Å². The van der Waals surface area contributed by atoms with Crippen molar-refractivity contribution in [3.8, 4) is 16.9 Å². The lowest BCUT2D eigenvalue weighted by Gasteiger charge is -2.12. The van der Waals surface area contributed by atoms with Crippen molar-refractivity contribution in [1.82, 2.24) is 0 Å². The summed E-state index contributed by atoms with van der Waals surface area (Å²) >= 11 is 0. The first-order valence-electron chi connectivity index (χ1n) is 5.79. The van der Waals surface area contributed by atoms with Crippen LogP contribution in [-0.2, 0) is 6.54 Å². The van der Waals surface area contributed by atoms with Gasteiger partial charge in [0.2, 0.25) is 0 Å². The minimum Gasteiger partial charge on any atom is -0.496 e. The summed E-state index contributed by atoms with van der Waals surface area (Å²) in [6, 6.07) is 10.4. The summed E-state index contributed by atoms with van der Waals surface area (Å²) < 4.78 is 18.6. The monoisotopic (exact) mass is 245 g/mol. The largest absolute Gasteiger partial charge is 0.496 e. The molecule has 0 saturated carbocycles. The molecular formula is C15H16FNO. The van der Waals surface area contributed by atoms with Crippen LogP contribution in [0, 0.1) is 12.7 Å². The van der Waals surface area contributed by atoms with Crippen molar-refractivity contribution in [2.75, 3.05) is 7.11 Å². The van der Waals surface area contributed by atoms with E-state index in [0.29, 0.717) is 12.3 Å². The Morgan fingerprint density at radius 3 is 2.50 bits per heavy atom. The van der Waals surface area contributed by atoms with Gasteiger partial charge in [-0.2, -0.15) is 0 Å². The number of aryl methyl sites for hydroxylation is 1. The molecule has 0 amide bonds. The van der Waals surface area contributed by atoms with Crippen LogP contribution < -0.4 is 10.5 Å². The van der Waals surface area contributed by atoms with E-state index < -0.39 is 0 Å². The number of rotatable bonds is 3.